The maximum atomic E-state index is 11.0. The first-order valence-electron chi connectivity index (χ1n) is 6.01. The van der Waals surface area contributed by atoms with Crippen molar-refractivity contribution in [2.45, 2.75) is 6.54 Å². The molecule has 0 amide bonds. The SMILES string of the molecule is COc1ccc(NCc2cc(Br)ccc2Cl)cc1[N+](=O)[O-]. The van der Waals surface area contributed by atoms with Crippen molar-refractivity contribution < 1.29 is 9.66 Å². The first kappa shape index (κ1) is 15.6. The van der Waals surface area contributed by atoms with E-state index in [2.05, 4.69) is 21.2 Å². The fraction of sp³-hybridized carbons (Fsp3) is 0.143. The van der Waals surface area contributed by atoms with Crippen molar-refractivity contribution in [2.75, 3.05) is 12.4 Å². The molecule has 0 aliphatic heterocycles. The number of anilines is 1. The van der Waals surface area contributed by atoms with E-state index >= 15 is 0 Å². The van der Waals surface area contributed by atoms with E-state index in [1.165, 1.54) is 13.2 Å². The molecule has 0 fully saturated rings. The molecular formula is C14H12BrClN2O3. The second-order valence-corrected chi connectivity index (χ2v) is 5.56. The Hall–Kier alpha value is -1.79. The van der Waals surface area contributed by atoms with E-state index < -0.39 is 4.92 Å². The molecule has 7 heteroatoms. The summed E-state index contributed by atoms with van der Waals surface area (Å²) in [6.45, 7) is 0.460. The van der Waals surface area contributed by atoms with Crippen LogP contribution in [-0.4, -0.2) is 12.0 Å². The normalized spacial score (nSPS) is 10.2. The molecule has 0 atom stereocenters. The highest BCUT2D eigenvalue weighted by molar-refractivity contribution is 9.10. The van der Waals surface area contributed by atoms with Gasteiger partial charge in [-0.25, -0.2) is 0 Å². The third kappa shape index (κ3) is 3.86. The second kappa shape index (κ2) is 6.78. The lowest BCUT2D eigenvalue weighted by Crippen LogP contribution is -2.01. The van der Waals surface area contributed by atoms with E-state index in [-0.39, 0.29) is 11.4 Å². The molecule has 0 aromatic heterocycles. The summed E-state index contributed by atoms with van der Waals surface area (Å²) < 4.78 is 5.88. The van der Waals surface area contributed by atoms with Gasteiger partial charge < -0.3 is 10.1 Å². The van der Waals surface area contributed by atoms with Crippen LogP contribution in [0.25, 0.3) is 0 Å². The lowest BCUT2D eigenvalue weighted by Gasteiger charge is -2.09. The van der Waals surface area contributed by atoms with Gasteiger partial charge in [-0.3, -0.25) is 10.1 Å². The maximum absolute atomic E-state index is 11.0. The first-order chi connectivity index (χ1) is 10.0. The first-order valence-corrected chi connectivity index (χ1v) is 7.18. The lowest BCUT2D eigenvalue weighted by molar-refractivity contribution is -0.385. The Labute approximate surface area is 135 Å². The van der Waals surface area contributed by atoms with Crippen LogP contribution in [0.3, 0.4) is 0 Å². The highest BCUT2D eigenvalue weighted by Crippen LogP contribution is 2.30. The maximum Gasteiger partial charge on any atom is 0.312 e. The monoisotopic (exact) mass is 370 g/mol. The van der Waals surface area contributed by atoms with Crippen LogP contribution in [-0.2, 0) is 6.54 Å². The second-order valence-electron chi connectivity index (χ2n) is 4.23. The molecule has 0 bridgehead atoms. The zero-order valence-corrected chi connectivity index (χ0v) is 13.4. The average Bonchev–Trinajstić information content (AvgIpc) is 2.47. The Morgan fingerprint density at radius 1 is 1.33 bits per heavy atom. The largest absolute Gasteiger partial charge is 0.490 e. The molecule has 0 radical (unpaired) electrons. The Kier molecular flexibility index (Phi) is 5.03. The van der Waals surface area contributed by atoms with Gasteiger partial charge in [0.1, 0.15) is 0 Å². The number of nitrogens with zero attached hydrogens (tertiary/aromatic N) is 1. The predicted octanol–water partition coefficient (Wildman–Crippen LogP) is 4.63. The Bertz CT molecular complexity index is 679. The van der Waals surface area contributed by atoms with Gasteiger partial charge in [0.2, 0.25) is 0 Å². The number of halogens is 2. The molecule has 0 heterocycles. The third-order valence-electron chi connectivity index (χ3n) is 2.87. The Balaban J connectivity index is 2.18. The molecule has 2 rings (SSSR count). The van der Waals surface area contributed by atoms with Crippen molar-refractivity contribution >= 4 is 38.9 Å². The standard InChI is InChI=1S/C14H12BrClN2O3/c1-21-14-5-3-11(7-13(14)18(19)20)17-8-9-6-10(15)2-4-12(9)16/h2-7,17H,8H2,1H3. The van der Waals surface area contributed by atoms with Crippen LogP contribution >= 0.6 is 27.5 Å². The Morgan fingerprint density at radius 3 is 2.76 bits per heavy atom. The van der Waals surface area contributed by atoms with E-state index in [0.717, 1.165) is 10.0 Å². The predicted molar refractivity (Wildman–Crippen MR) is 86.1 cm³/mol. The quantitative estimate of drug-likeness (QED) is 0.614. The fourth-order valence-electron chi connectivity index (χ4n) is 1.82. The zero-order chi connectivity index (χ0) is 15.4. The van der Waals surface area contributed by atoms with Gasteiger partial charge in [-0.2, -0.15) is 0 Å². The smallest absolute Gasteiger partial charge is 0.312 e. The molecule has 0 saturated heterocycles. The van der Waals surface area contributed by atoms with E-state index in [0.29, 0.717) is 17.3 Å². The third-order valence-corrected chi connectivity index (χ3v) is 3.73. The number of methoxy groups -OCH3 is 1. The highest BCUT2D eigenvalue weighted by atomic mass is 79.9. The minimum atomic E-state index is -0.476. The molecule has 21 heavy (non-hydrogen) atoms. The summed E-state index contributed by atoms with van der Waals surface area (Å²) >= 11 is 9.48. The van der Waals surface area contributed by atoms with Gasteiger partial charge in [0.25, 0.3) is 0 Å². The van der Waals surface area contributed by atoms with Crippen molar-refractivity contribution in [1.82, 2.24) is 0 Å². The summed E-state index contributed by atoms with van der Waals surface area (Å²) in [5, 5.41) is 14.7. The topological polar surface area (TPSA) is 64.4 Å². The van der Waals surface area contributed by atoms with Gasteiger partial charge in [0.05, 0.1) is 12.0 Å². The van der Waals surface area contributed by atoms with Crippen molar-refractivity contribution in [1.29, 1.82) is 0 Å². The van der Waals surface area contributed by atoms with Crippen LogP contribution in [0.15, 0.2) is 40.9 Å². The van der Waals surface area contributed by atoms with E-state index in [9.17, 15) is 10.1 Å². The van der Waals surface area contributed by atoms with Crippen LogP contribution in [0.1, 0.15) is 5.56 Å². The fourth-order valence-corrected chi connectivity index (χ4v) is 2.41. The molecule has 0 unspecified atom stereocenters. The molecule has 0 aliphatic carbocycles. The van der Waals surface area contributed by atoms with E-state index in [4.69, 9.17) is 16.3 Å². The van der Waals surface area contributed by atoms with Crippen LogP contribution in [0.2, 0.25) is 5.02 Å². The minimum Gasteiger partial charge on any atom is -0.490 e. The number of nitro benzene ring substituents is 1. The molecule has 2 aromatic carbocycles. The molecule has 0 spiro atoms. The average molecular weight is 372 g/mol. The molecule has 5 nitrogen and oxygen atoms in total. The van der Waals surface area contributed by atoms with Crippen LogP contribution < -0.4 is 10.1 Å². The zero-order valence-electron chi connectivity index (χ0n) is 11.1. The number of hydrogen-bond acceptors (Lipinski definition) is 4. The summed E-state index contributed by atoms with van der Waals surface area (Å²) in [6, 6.07) is 10.3. The summed E-state index contributed by atoms with van der Waals surface area (Å²) in [5.74, 6) is 0.228. The van der Waals surface area contributed by atoms with Gasteiger partial charge in [0, 0.05) is 27.8 Å². The molecule has 110 valence electrons. The summed E-state index contributed by atoms with van der Waals surface area (Å²) in [6.07, 6.45) is 0. The van der Waals surface area contributed by atoms with Crippen molar-refractivity contribution in [3.05, 3.63) is 61.6 Å². The lowest BCUT2D eigenvalue weighted by atomic mass is 10.2. The van der Waals surface area contributed by atoms with E-state index in [1.807, 2.05) is 12.1 Å². The molecule has 1 N–H and O–H groups in total. The summed E-state index contributed by atoms with van der Waals surface area (Å²) in [4.78, 5) is 10.5. The Morgan fingerprint density at radius 2 is 2.10 bits per heavy atom. The van der Waals surface area contributed by atoms with Crippen molar-refractivity contribution in [2.24, 2.45) is 0 Å². The van der Waals surface area contributed by atoms with Gasteiger partial charge >= 0.3 is 5.69 Å². The van der Waals surface area contributed by atoms with Crippen molar-refractivity contribution in [3.8, 4) is 5.75 Å². The molecule has 2 aromatic rings. The number of ether oxygens (including phenoxy) is 1. The van der Waals surface area contributed by atoms with Crippen LogP contribution in [0, 0.1) is 10.1 Å². The molecular weight excluding hydrogens is 360 g/mol. The van der Waals surface area contributed by atoms with Gasteiger partial charge in [-0.05, 0) is 35.9 Å². The van der Waals surface area contributed by atoms with Crippen LogP contribution in [0.4, 0.5) is 11.4 Å². The minimum absolute atomic E-state index is 0.0807. The summed E-state index contributed by atoms with van der Waals surface area (Å²) in [5.41, 5.74) is 1.44. The number of nitro groups is 1. The van der Waals surface area contributed by atoms with Crippen molar-refractivity contribution in [3.63, 3.8) is 0 Å². The van der Waals surface area contributed by atoms with Gasteiger partial charge in [0.15, 0.2) is 5.75 Å². The number of nitrogens with one attached hydrogen (secondary N) is 1. The van der Waals surface area contributed by atoms with E-state index in [1.54, 1.807) is 18.2 Å². The number of rotatable bonds is 5. The molecule has 0 aliphatic rings. The molecule has 0 saturated carbocycles. The van der Waals surface area contributed by atoms with Gasteiger partial charge in [-0.15, -0.1) is 0 Å². The number of benzene rings is 2. The highest BCUT2D eigenvalue weighted by Gasteiger charge is 2.15. The van der Waals surface area contributed by atoms with Crippen LogP contribution in [0.5, 0.6) is 5.75 Å². The van der Waals surface area contributed by atoms with Gasteiger partial charge in [-0.1, -0.05) is 27.5 Å². The summed E-state index contributed by atoms with van der Waals surface area (Å²) in [7, 11) is 1.40. The number of hydrogen-bond donors (Lipinski definition) is 1.